The molecule has 96 valence electrons. The van der Waals surface area contributed by atoms with Crippen LogP contribution in [-0.2, 0) is 14.3 Å². The van der Waals surface area contributed by atoms with Gasteiger partial charge in [0, 0.05) is 20.3 Å². The number of carbonyl (C=O) groups is 1. The zero-order valence-electron chi connectivity index (χ0n) is 10.3. The predicted molar refractivity (Wildman–Crippen MR) is 63.2 cm³/mol. The van der Waals surface area contributed by atoms with E-state index >= 15 is 0 Å². The Morgan fingerprint density at radius 1 is 1.38 bits per heavy atom. The van der Waals surface area contributed by atoms with Crippen LogP contribution in [0.3, 0.4) is 0 Å². The van der Waals surface area contributed by atoms with Crippen molar-refractivity contribution in [3.63, 3.8) is 0 Å². The lowest BCUT2D eigenvalue weighted by Crippen LogP contribution is -2.40. The molecule has 0 heterocycles. The Hall–Kier alpha value is -0.650. The second-order valence-corrected chi connectivity index (χ2v) is 3.64. The maximum absolute atomic E-state index is 11.4. The number of hydrogen-bond acceptors (Lipinski definition) is 4. The first kappa shape index (κ1) is 15.3. The van der Waals surface area contributed by atoms with Crippen molar-refractivity contribution in [1.29, 1.82) is 0 Å². The maximum Gasteiger partial charge on any atom is 0.236 e. The van der Waals surface area contributed by atoms with Crippen LogP contribution < -0.4 is 11.1 Å². The summed E-state index contributed by atoms with van der Waals surface area (Å²) in [6, 6.07) is -0.376. The lowest BCUT2D eigenvalue weighted by Gasteiger charge is -2.11. The summed E-state index contributed by atoms with van der Waals surface area (Å²) in [4.78, 5) is 11.4. The molecule has 0 radical (unpaired) electrons. The SMILES string of the molecule is CCC[C@H](N)C(=O)NCCCOCCOC. The number of ether oxygens (including phenoxy) is 2. The van der Waals surface area contributed by atoms with Gasteiger partial charge in [-0.3, -0.25) is 4.79 Å². The van der Waals surface area contributed by atoms with Gasteiger partial charge in [0.05, 0.1) is 19.3 Å². The van der Waals surface area contributed by atoms with Crippen LogP contribution in [-0.4, -0.2) is 45.4 Å². The van der Waals surface area contributed by atoms with E-state index in [-0.39, 0.29) is 11.9 Å². The molecule has 0 saturated heterocycles. The van der Waals surface area contributed by atoms with Crippen molar-refractivity contribution in [3.05, 3.63) is 0 Å². The van der Waals surface area contributed by atoms with E-state index < -0.39 is 0 Å². The summed E-state index contributed by atoms with van der Waals surface area (Å²) in [5.41, 5.74) is 5.65. The molecule has 3 N–H and O–H groups in total. The predicted octanol–water partition coefficient (Wildman–Crippen LogP) is 0.283. The van der Waals surface area contributed by atoms with Gasteiger partial charge in [-0.2, -0.15) is 0 Å². The Bertz CT molecular complexity index is 177. The van der Waals surface area contributed by atoms with E-state index in [2.05, 4.69) is 5.32 Å². The van der Waals surface area contributed by atoms with Crippen LogP contribution in [0.2, 0.25) is 0 Å². The molecule has 0 unspecified atom stereocenters. The minimum Gasteiger partial charge on any atom is -0.382 e. The van der Waals surface area contributed by atoms with E-state index in [9.17, 15) is 4.79 Å². The highest BCUT2D eigenvalue weighted by molar-refractivity contribution is 5.81. The first-order chi connectivity index (χ1) is 7.72. The van der Waals surface area contributed by atoms with E-state index in [4.69, 9.17) is 15.2 Å². The number of rotatable bonds is 10. The highest BCUT2D eigenvalue weighted by atomic mass is 16.5. The summed E-state index contributed by atoms with van der Waals surface area (Å²) in [7, 11) is 1.64. The molecule has 5 nitrogen and oxygen atoms in total. The molecule has 0 rings (SSSR count). The standard InChI is InChI=1S/C11H24N2O3/c1-3-5-10(12)11(14)13-6-4-7-16-9-8-15-2/h10H,3-9,12H2,1-2H3,(H,13,14)/t10-/m0/s1. The number of methoxy groups -OCH3 is 1. The highest BCUT2D eigenvalue weighted by Crippen LogP contribution is 1.92. The fourth-order valence-corrected chi connectivity index (χ4v) is 1.20. The average molecular weight is 232 g/mol. The fraction of sp³-hybridized carbons (Fsp3) is 0.909. The summed E-state index contributed by atoms with van der Waals surface area (Å²) >= 11 is 0. The molecule has 0 fully saturated rings. The van der Waals surface area contributed by atoms with Gasteiger partial charge in [0.1, 0.15) is 0 Å². The zero-order valence-corrected chi connectivity index (χ0v) is 10.3. The third-order valence-electron chi connectivity index (χ3n) is 2.13. The second kappa shape index (κ2) is 10.9. The molecule has 0 aromatic heterocycles. The van der Waals surface area contributed by atoms with Crippen LogP contribution in [0.25, 0.3) is 0 Å². The fourth-order valence-electron chi connectivity index (χ4n) is 1.20. The number of hydrogen-bond donors (Lipinski definition) is 2. The summed E-state index contributed by atoms with van der Waals surface area (Å²) in [5.74, 6) is -0.0706. The number of nitrogens with two attached hydrogens (primary N) is 1. The van der Waals surface area contributed by atoms with Crippen molar-refractivity contribution in [2.75, 3.05) is 33.5 Å². The summed E-state index contributed by atoms with van der Waals surface area (Å²) in [6.07, 6.45) is 2.46. The van der Waals surface area contributed by atoms with Gasteiger partial charge in [-0.25, -0.2) is 0 Å². The number of amides is 1. The average Bonchev–Trinajstić information content (AvgIpc) is 2.28. The summed E-state index contributed by atoms with van der Waals surface area (Å²) in [6.45, 7) is 4.46. The van der Waals surface area contributed by atoms with Gasteiger partial charge < -0.3 is 20.5 Å². The largest absolute Gasteiger partial charge is 0.382 e. The van der Waals surface area contributed by atoms with Crippen molar-refractivity contribution in [1.82, 2.24) is 5.32 Å². The molecule has 0 aliphatic carbocycles. The molecule has 0 aliphatic heterocycles. The van der Waals surface area contributed by atoms with Gasteiger partial charge in [-0.05, 0) is 12.8 Å². The van der Waals surface area contributed by atoms with Crippen LogP contribution in [0.5, 0.6) is 0 Å². The smallest absolute Gasteiger partial charge is 0.236 e. The minimum atomic E-state index is -0.376. The zero-order chi connectivity index (χ0) is 12.2. The molecule has 1 atom stereocenters. The first-order valence-corrected chi connectivity index (χ1v) is 5.82. The molecule has 0 aromatic carbocycles. The summed E-state index contributed by atoms with van der Waals surface area (Å²) < 4.78 is 10.1. The lowest BCUT2D eigenvalue weighted by molar-refractivity contribution is -0.122. The van der Waals surface area contributed by atoms with Gasteiger partial charge in [0.25, 0.3) is 0 Å². The number of carbonyl (C=O) groups excluding carboxylic acids is 1. The van der Waals surface area contributed by atoms with Crippen LogP contribution in [0, 0.1) is 0 Å². The van der Waals surface area contributed by atoms with Gasteiger partial charge in [-0.1, -0.05) is 13.3 Å². The van der Waals surface area contributed by atoms with Gasteiger partial charge in [0.2, 0.25) is 5.91 Å². The monoisotopic (exact) mass is 232 g/mol. The third-order valence-corrected chi connectivity index (χ3v) is 2.13. The molecule has 1 amide bonds. The van der Waals surface area contributed by atoms with Gasteiger partial charge >= 0.3 is 0 Å². The molecule has 0 aromatic rings. The Morgan fingerprint density at radius 3 is 2.75 bits per heavy atom. The minimum absolute atomic E-state index is 0.0706. The van der Waals surface area contributed by atoms with Crippen molar-refractivity contribution in [2.24, 2.45) is 5.73 Å². The normalized spacial score (nSPS) is 12.4. The van der Waals surface area contributed by atoms with Crippen LogP contribution in [0.1, 0.15) is 26.2 Å². The molecular formula is C11H24N2O3. The molecule has 16 heavy (non-hydrogen) atoms. The Morgan fingerprint density at radius 2 is 2.12 bits per heavy atom. The van der Waals surface area contributed by atoms with Crippen molar-refractivity contribution >= 4 is 5.91 Å². The van der Waals surface area contributed by atoms with Crippen molar-refractivity contribution in [2.45, 2.75) is 32.2 Å². The quantitative estimate of drug-likeness (QED) is 0.531. The number of nitrogens with one attached hydrogen (secondary N) is 1. The van der Waals surface area contributed by atoms with Crippen LogP contribution in [0.4, 0.5) is 0 Å². The first-order valence-electron chi connectivity index (χ1n) is 5.82. The Balaban J connectivity index is 3.27. The molecular weight excluding hydrogens is 208 g/mol. The summed E-state index contributed by atoms with van der Waals surface area (Å²) in [5, 5.41) is 2.78. The topological polar surface area (TPSA) is 73.6 Å². The van der Waals surface area contributed by atoms with Crippen molar-refractivity contribution < 1.29 is 14.3 Å². The maximum atomic E-state index is 11.4. The van der Waals surface area contributed by atoms with Crippen molar-refractivity contribution in [3.8, 4) is 0 Å². The third kappa shape index (κ3) is 8.64. The Labute approximate surface area is 97.7 Å². The molecule has 0 aliphatic rings. The van der Waals surface area contributed by atoms with E-state index in [1.807, 2.05) is 6.92 Å². The van der Waals surface area contributed by atoms with Crippen LogP contribution >= 0.6 is 0 Å². The molecule has 5 heteroatoms. The second-order valence-electron chi connectivity index (χ2n) is 3.64. The van der Waals surface area contributed by atoms with E-state index in [0.29, 0.717) is 26.4 Å². The lowest BCUT2D eigenvalue weighted by atomic mass is 10.2. The van der Waals surface area contributed by atoms with Gasteiger partial charge in [0.15, 0.2) is 0 Å². The molecule has 0 bridgehead atoms. The van der Waals surface area contributed by atoms with E-state index in [0.717, 1.165) is 19.3 Å². The highest BCUT2D eigenvalue weighted by Gasteiger charge is 2.10. The van der Waals surface area contributed by atoms with Gasteiger partial charge in [-0.15, -0.1) is 0 Å². The van der Waals surface area contributed by atoms with E-state index in [1.165, 1.54) is 0 Å². The van der Waals surface area contributed by atoms with E-state index in [1.54, 1.807) is 7.11 Å². The Kier molecular flexibility index (Phi) is 10.4. The molecule has 0 saturated carbocycles. The van der Waals surface area contributed by atoms with Crippen LogP contribution in [0.15, 0.2) is 0 Å². The molecule has 0 spiro atoms.